The molecule has 0 radical (unpaired) electrons. The van der Waals surface area contributed by atoms with E-state index in [1.54, 1.807) is 31.5 Å². The Morgan fingerprint density at radius 3 is 2.32 bits per heavy atom. The van der Waals surface area contributed by atoms with E-state index in [1.165, 1.54) is 38.5 Å². The summed E-state index contributed by atoms with van der Waals surface area (Å²) in [4.78, 5) is 16.5. The zero-order valence-corrected chi connectivity index (χ0v) is 13.1. The minimum Gasteiger partial charge on any atom is -0.481 e. The van der Waals surface area contributed by atoms with Crippen molar-refractivity contribution in [2.24, 2.45) is 23.2 Å². The van der Waals surface area contributed by atoms with Crippen molar-refractivity contribution in [2.75, 3.05) is 7.11 Å². The minimum atomic E-state index is 0.0610. The minimum absolute atomic E-state index is 0.0610. The van der Waals surface area contributed by atoms with Gasteiger partial charge in [0.2, 0.25) is 5.88 Å². The maximum atomic E-state index is 12.4. The van der Waals surface area contributed by atoms with Gasteiger partial charge in [-0.2, -0.15) is 0 Å². The van der Waals surface area contributed by atoms with Gasteiger partial charge in [-0.3, -0.25) is 4.79 Å². The van der Waals surface area contributed by atoms with Crippen LogP contribution in [0, 0.1) is 23.2 Å². The average Bonchev–Trinajstić information content (AvgIpc) is 2.51. The molecular weight excluding hydrogens is 274 g/mol. The molecule has 3 heteroatoms. The number of pyridine rings is 1. The molecule has 0 amide bonds. The molecule has 1 heterocycles. The van der Waals surface area contributed by atoms with Gasteiger partial charge in [-0.15, -0.1) is 0 Å². The van der Waals surface area contributed by atoms with E-state index in [2.05, 4.69) is 11.1 Å². The Bertz CT molecular complexity index is 567. The molecule has 0 N–H and O–H groups in total. The van der Waals surface area contributed by atoms with Crippen LogP contribution in [0.25, 0.3) is 0 Å². The summed E-state index contributed by atoms with van der Waals surface area (Å²) in [6.07, 6.45) is 13.8. The molecule has 4 saturated carbocycles. The van der Waals surface area contributed by atoms with Crippen LogP contribution in [-0.4, -0.2) is 17.9 Å². The number of ketones is 1. The van der Waals surface area contributed by atoms with E-state index < -0.39 is 0 Å². The molecule has 5 rings (SSSR count). The number of carbonyl (C=O) groups is 1. The molecule has 0 spiro atoms. The largest absolute Gasteiger partial charge is 0.481 e. The number of aromatic nitrogens is 1. The SMILES string of the molecule is COc1ccc(C(=O)/C=C/C23CC4CC(CC(C4)C2)C3)cn1. The molecule has 1 aromatic rings. The van der Waals surface area contributed by atoms with Gasteiger partial charge in [0.05, 0.1) is 7.11 Å². The summed E-state index contributed by atoms with van der Waals surface area (Å²) in [5.41, 5.74) is 0.950. The number of hydrogen-bond donors (Lipinski definition) is 0. The van der Waals surface area contributed by atoms with Crippen LogP contribution >= 0.6 is 0 Å². The average molecular weight is 297 g/mol. The Morgan fingerprint density at radius 2 is 1.82 bits per heavy atom. The number of carbonyl (C=O) groups excluding carboxylic acids is 1. The molecule has 0 aliphatic heterocycles. The van der Waals surface area contributed by atoms with Crippen molar-refractivity contribution in [1.82, 2.24) is 4.98 Å². The van der Waals surface area contributed by atoms with Crippen LogP contribution in [0.5, 0.6) is 5.88 Å². The maximum Gasteiger partial charge on any atom is 0.212 e. The van der Waals surface area contributed by atoms with E-state index >= 15 is 0 Å². The summed E-state index contributed by atoms with van der Waals surface area (Å²) in [5.74, 6) is 3.34. The predicted molar refractivity (Wildman–Crippen MR) is 84.9 cm³/mol. The topological polar surface area (TPSA) is 39.2 Å². The monoisotopic (exact) mass is 297 g/mol. The molecule has 0 aromatic carbocycles. The van der Waals surface area contributed by atoms with Crippen LogP contribution in [0.4, 0.5) is 0 Å². The molecule has 4 bridgehead atoms. The lowest BCUT2D eigenvalue weighted by Crippen LogP contribution is -2.45. The normalized spacial score (nSPS) is 36.0. The van der Waals surface area contributed by atoms with E-state index in [0.717, 1.165) is 17.8 Å². The molecule has 4 aliphatic rings. The van der Waals surface area contributed by atoms with Gasteiger partial charge >= 0.3 is 0 Å². The van der Waals surface area contributed by atoms with Crippen molar-refractivity contribution < 1.29 is 9.53 Å². The summed E-state index contributed by atoms with van der Waals surface area (Å²) in [6.45, 7) is 0. The highest BCUT2D eigenvalue weighted by Gasteiger charge is 2.49. The van der Waals surface area contributed by atoms with Gasteiger partial charge in [-0.05, 0) is 73.8 Å². The Morgan fingerprint density at radius 1 is 1.18 bits per heavy atom. The lowest BCUT2D eigenvalue weighted by molar-refractivity contribution is -0.0238. The fraction of sp³-hybridized carbons (Fsp3) is 0.579. The third-order valence-electron chi connectivity index (χ3n) is 5.90. The van der Waals surface area contributed by atoms with Crippen molar-refractivity contribution >= 4 is 5.78 Å². The van der Waals surface area contributed by atoms with Gasteiger partial charge in [-0.25, -0.2) is 4.98 Å². The number of rotatable bonds is 4. The van der Waals surface area contributed by atoms with Crippen molar-refractivity contribution in [2.45, 2.75) is 38.5 Å². The van der Waals surface area contributed by atoms with E-state index in [4.69, 9.17) is 4.74 Å². The van der Waals surface area contributed by atoms with Crippen LogP contribution in [0.3, 0.4) is 0 Å². The third kappa shape index (κ3) is 2.47. The number of hydrogen-bond acceptors (Lipinski definition) is 3. The molecular formula is C19H23NO2. The van der Waals surface area contributed by atoms with Crippen molar-refractivity contribution in [1.29, 1.82) is 0 Å². The Hall–Kier alpha value is -1.64. The number of ether oxygens (including phenoxy) is 1. The van der Waals surface area contributed by atoms with Crippen molar-refractivity contribution in [3.8, 4) is 5.88 Å². The van der Waals surface area contributed by atoms with Crippen LogP contribution in [0.2, 0.25) is 0 Å². The first kappa shape index (κ1) is 14.0. The van der Waals surface area contributed by atoms with Gasteiger partial charge in [0, 0.05) is 17.8 Å². The number of methoxy groups -OCH3 is 1. The highest BCUT2D eigenvalue weighted by atomic mass is 16.5. The quantitative estimate of drug-likeness (QED) is 0.622. The first-order valence-electron chi connectivity index (χ1n) is 8.39. The third-order valence-corrected chi connectivity index (χ3v) is 5.90. The van der Waals surface area contributed by atoms with E-state index in [0.29, 0.717) is 16.9 Å². The van der Waals surface area contributed by atoms with Gasteiger partial charge in [0.1, 0.15) is 0 Å². The first-order chi connectivity index (χ1) is 10.7. The fourth-order valence-electron chi connectivity index (χ4n) is 5.38. The molecule has 22 heavy (non-hydrogen) atoms. The van der Waals surface area contributed by atoms with Gasteiger partial charge in [0.25, 0.3) is 0 Å². The standard InChI is InChI=1S/C19H23NO2/c1-22-18-3-2-16(12-20-18)17(21)4-5-19-9-13-6-14(10-19)8-15(7-13)11-19/h2-5,12-15H,6-11H2,1H3/b5-4+. The lowest BCUT2D eigenvalue weighted by atomic mass is 9.49. The predicted octanol–water partition coefficient (Wildman–Crippen LogP) is 4.05. The molecule has 3 nitrogen and oxygen atoms in total. The maximum absolute atomic E-state index is 12.4. The van der Waals surface area contributed by atoms with Crippen molar-refractivity contribution in [3.05, 3.63) is 36.0 Å². The van der Waals surface area contributed by atoms with Crippen LogP contribution in [0.15, 0.2) is 30.5 Å². The van der Waals surface area contributed by atoms with Crippen LogP contribution in [0.1, 0.15) is 48.9 Å². The summed E-state index contributed by atoms with van der Waals surface area (Å²) in [6, 6.07) is 3.53. The fourth-order valence-corrected chi connectivity index (χ4v) is 5.38. The second kappa shape index (κ2) is 5.22. The summed E-state index contributed by atoms with van der Waals surface area (Å²) in [7, 11) is 1.58. The zero-order valence-electron chi connectivity index (χ0n) is 13.1. The Balaban J connectivity index is 1.50. The molecule has 4 fully saturated rings. The molecule has 116 valence electrons. The van der Waals surface area contributed by atoms with E-state index in [9.17, 15) is 4.79 Å². The zero-order chi connectivity index (χ0) is 15.2. The van der Waals surface area contributed by atoms with Crippen LogP contribution < -0.4 is 4.74 Å². The summed E-state index contributed by atoms with van der Waals surface area (Å²) >= 11 is 0. The van der Waals surface area contributed by atoms with E-state index in [1.807, 2.05) is 0 Å². The molecule has 0 saturated heterocycles. The highest BCUT2D eigenvalue weighted by molar-refractivity contribution is 6.04. The molecule has 1 aromatic heterocycles. The summed E-state index contributed by atoms with van der Waals surface area (Å²) < 4.78 is 5.03. The van der Waals surface area contributed by atoms with Gasteiger partial charge < -0.3 is 4.74 Å². The highest BCUT2D eigenvalue weighted by Crippen LogP contribution is 2.60. The molecule has 0 unspecified atom stereocenters. The Kier molecular flexibility index (Phi) is 3.32. The molecule has 0 atom stereocenters. The first-order valence-corrected chi connectivity index (χ1v) is 8.39. The van der Waals surface area contributed by atoms with Crippen molar-refractivity contribution in [3.63, 3.8) is 0 Å². The Labute approximate surface area is 131 Å². The lowest BCUT2D eigenvalue weighted by Gasteiger charge is -2.55. The van der Waals surface area contributed by atoms with Gasteiger partial charge in [-0.1, -0.05) is 6.08 Å². The summed E-state index contributed by atoms with van der Waals surface area (Å²) in [5, 5.41) is 0. The van der Waals surface area contributed by atoms with Crippen LogP contribution in [-0.2, 0) is 0 Å². The number of allylic oxidation sites excluding steroid dienone is 2. The van der Waals surface area contributed by atoms with E-state index in [-0.39, 0.29) is 5.78 Å². The van der Waals surface area contributed by atoms with Gasteiger partial charge in [0.15, 0.2) is 5.78 Å². The smallest absolute Gasteiger partial charge is 0.212 e. The second-order valence-corrected chi connectivity index (χ2v) is 7.57. The second-order valence-electron chi connectivity index (χ2n) is 7.57. The number of nitrogens with zero attached hydrogens (tertiary/aromatic N) is 1. The molecule has 4 aliphatic carbocycles.